The Morgan fingerprint density at radius 2 is 2.06 bits per heavy atom. The van der Waals surface area contributed by atoms with Crippen LogP contribution in [0.3, 0.4) is 0 Å². The number of benzene rings is 1. The number of carbonyl (C=O) groups is 1. The maximum Gasteiger partial charge on any atom is 0.338 e. The summed E-state index contributed by atoms with van der Waals surface area (Å²) in [5.41, 5.74) is 1.55. The maximum absolute atomic E-state index is 11.4. The van der Waals surface area contributed by atoms with Crippen LogP contribution in [0.4, 0.5) is 0 Å². The Labute approximate surface area is 102 Å². The summed E-state index contributed by atoms with van der Waals surface area (Å²) in [6.07, 6.45) is 4.12. The molecule has 0 aliphatic carbocycles. The first-order valence-corrected chi connectivity index (χ1v) is 5.75. The molecule has 92 valence electrons. The van der Waals surface area contributed by atoms with Gasteiger partial charge in [0.2, 0.25) is 0 Å². The predicted molar refractivity (Wildman–Crippen MR) is 67.7 cm³/mol. The van der Waals surface area contributed by atoms with Crippen molar-refractivity contribution in [3.63, 3.8) is 0 Å². The molecule has 0 spiro atoms. The van der Waals surface area contributed by atoms with Crippen molar-refractivity contribution in [1.82, 2.24) is 0 Å². The van der Waals surface area contributed by atoms with E-state index in [1.54, 1.807) is 26.0 Å². The van der Waals surface area contributed by atoms with E-state index >= 15 is 0 Å². The number of esters is 1. The van der Waals surface area contributed by atoms with Crippen LogP contribution in [0.2, 0.25) is 0 Å². The molecule has 0 amide bonds. The molecule has 0 saturated heterocycles. The largest absolute Gasteiger partial charge is 0.462 e. The monoisotopic (exact) mass is 234 g/mol. The number of aliphatic hydroxyl groups excluding tert-OH is 1. The highest BCUT2D eigenvalue weighted by molar-refractivity contribution is 5.89. The molecular weight excluding hydrogens is 216 g/mol. The number of aliphatic hydroxyl groups is 1. The van der Waals surface area contributed by atoms with E-state index in [1.165, 1.54) is 0 Å². The van der Waals surface area contributed by atoms with Gasteiger partial charge in [0.05, 0.1) is 18.3 Å². The molecule has 1 unspecified atom stereocenters. The third kappa shape index (κ3) is 4.83. The molecule has 1 aromatic carbocycles. The first-order chi connectivity index (χ1) is 8.13. The molecule has 0 aliphatic heterocycles. The van der Waals surface area contributed by atoms with E-state index in [2.05, 4.69) is 0 Å². The van der Waals surface area contributed by atoms with E-state index in [-0.39, 0.29) is 12.1 Å². The fraction of sp³-hybridized carbons (Fsp3) is 0.357. The number of hydrogen-bond acceptors (Lipinski definition) is 3. The van der Waals surface area contributed by atoms with E-state index in [4.69, 9.17) is 9.84 Å². The molecule has 0 aromatic heterocycles. The maximum atomic E-state index is 11.4. The van der Waals surface area contributed by atoms with Crippen molar-refractivity contribution in [3.05, 3.63) is 41.5 Å². The molecule has 0 aliphatic rings. The molecule has 0 radical (unpaired) electrons. The lowest BCUT2D eigenvalue weighted by Gasteiger charge is -2.02. The SMILES string of the molecule is CCOC(=O)c1ccc(/C=C/CC(C)O)cc1. The second-order valence-corrected chi connectivity index (χ2v) is 3.83. The summed E-state index contributed by atoms with van der Waals surface area (Å²) in [5, 5.41) is 9.09. The summed E-state index contributed by atoms with van der Waals surface area (Å²) in [6, 6.07) is 7.18. The molecule has 3 nitrogen and oxygen atoms in total. The Balaban J connectivity index is 2.61. The molecule has 3 heteroatoms. The van der Waals surface area contributed by atoms with Gasteiger partial charge in [0.25, 0.3) is 0 Å². The Morgan fingerprint density at radius 1 is 1.41 bits per heavy atom. The topological polar surface area (TPSA) is 46.5 Å². The quantitative estimate of drug-likeness (QED) is 0.797. The lowest BCUT2D eigenvalue weighted by atomic mass is 10.1. The van der Waals surface area contributed by atoms with E-state index in [9.17, 15) is 4.79 Å². The van der Waals surface area contributed by atoms with Crippen LogP contribution in [0.1, 0.15) is 36.2 Å². The summed E-state index contributed by atoms with van der Waals surface area (Å²) in [4.78, 5) is 11.4. The van der Waals surface area contributed by atoms with Gasteiger partial charge in [-0.25, -0.2) is 4.79 Å². The van der Waals surface area contributed by atoms with Crippen LogP contribution in [0, 0.1) is 0 Å². The molecular formula is C14H18O3. The van der Waals surface area contributed by atoms with Gasteiger partial charge in [0.1, 0.15) is 0 Å². The van der Waals surface area contributed by atoms with E-state index < -0.39 is 0 Å². The highest BCUT2D eigenvalue weighted by Crippen LogP contribution is 2.08. The highest BCUT2D eigenvalue weighted by atomic mass is 16.5. The Hall–Kier alpha value is -1.61. The fourth-order valence-corrected chi connectivity index (χ4v) is 1.35. The average Bonchev–Trinajstić information content (AvgIpc) is 2.30. The molecule has 0 saturated carbocycles. The Kier molecular flexibility index (Phi) is 5.43. The zero-order chi connectivity index (χ0) is 12.7. The molecule has 1 rings (SSSR count). The molecule has 1 atom stereocenters. The van der Waals surface area contributed by atoms with Crippen molar-refractivity contribution < 1.29 is 14.6 Å². The van der Waals surface area contributed by atoms with Gasteiger partial charge < -0.3 is 9.84 Å². The van der Waals surface area contributed by atoms with Gasteiger partial charge in [0.15, 0.2) is 0 Å². The summed E-state index contributed by atoms with van der Waals surface area (Å²) >= 11 is 0. The smallest absolute Gasteiger partial charge is 0.338 e. The summed E-state index contributed by atoms with van der Waals surface area (Å²) < 4.78 is 4.89. The average molecular weight is 234 g/mol. The third-order valence-corrected chi connectivity index (χ3v) is 2.21. The molecule has 1 aromatic rings. The minimum atomic E-state index is -0.329. The van der Waals surface area contributed by atoms with E-state index in [0.29, 0.717) is 18.6 Å². The standard InChI is InChI=1S/C14H18O3/c1-3-17-14(16)13-9-7-12(8-10-13)6-4-5-11(2)15/h4,6-11,15H,3,5H2,1-2H3/b6-4+. The molecule has 0 fully saturated rings. The van der Waals surface area contributed by atoms with Crippen molar-refractivity contribution >= 4 is 12.0 Å². The first kappa shape index (κ1) is 13.5. The van der Waals surface area contributed by atoms with Crippen LogP contribution in [-0.2, 0) is 4.74 Å². The van der Waals surface area contributed by atoms with Crippen LogP contribution in [0.5, 0.6) is 0 Å². The lowest BCUT2D eigenvalue weighted by Crippen LogP contribution is -2.03. The third-order valence-electron chi connectivity index (χ3n) is 2.21. The Morgan fingerprint density at radius 3 is 2.59 bits per heavy atom. The molecule has 17 heavy (non-hydrogen) atoms. The van der Waals surface area contributed by atoms with Crippen LogP contribution in [0.25, 0.3) is 6.08 Å². The zero-order valence-electron chi connectivity index (χ0n) is 10.2. The minimum Gasteiger partial charge on any atom is -0.462 e. The van der Waals surface area contributed by atoms with E-state index in [0.717, 1.165) is 5.56 Å². The second-order valence-electron chi connectivity index (χ2n) is 3.83. The van der Waals surface area contributed by atoms with Gasteiger partial charge in [-0.2, -0.15) is 0 Å². The minimum absolute atomic E-state index is 0.299. The van der Waals surface area contributed by atoms with Crippen molar-refractivity contribution in [3.8, 4) is 0 Å². The number of carbonyl (C=O) groups excluding carboxylic acids is 1. The van der Waals surface area contributed by atoms with Crippen molar-refractivity contribution in [1.29, 1.82) is 0 Å². The van der Waals surface area contributed by atoms with Gasteiger partial charge >= 0.3 is 5.97 Å². The van der Waals surface area contributed by atoms with E-state index in [1.807, 2.05) is 24.3 Å². The zero-order valence-corrected chi connectivity index (χ0v) is 10.2. The summed E-state index contributed by atoms with van der Waals surface area (Å²) in [6.45, 7) is 3.91. The van der Waals surface area contributed by atoms with Gasteiger partial charge in [-0.3, -0.25) is 0 Å². The summed E-state index contributed by atoms with van der Waals surface area (Å²) in [7, 11) is 0. The number of hydrogen-bond donors (Lipinski definition) is 1. The number of rotatable bonds is 5. The van der Waals surface area contributed by atoms with Crippen molar-refractivity contribution in [2.45, 2.75) is 26.4 Å². The van der Waals surface area contributed by atoms with Gasteiger partial charge in [-0.15, -0.1) is 0 Å². The van der Waals surface area contributed by atoms with Crippen LogP contribution in [-0.4, -0.2) is 23.8 Å². The van der Waals surface area contributed by atoms with Crippen molar-refractivity contribution in [2.75, 3.05) is 6.61 Å². The number of ether oxygens (including phenoxy) is 1. The molecule has 0 bridgehead atoms. The van der Waals surface area contributed by atoms with Crippen molar-refractivity contribution in [2.24, 2.45) is 0 Å². The molecule has 1 N–H and O–H groups in total. The normalized spacial score (nSPS) is 12.6. The van der Waals surface area contributed by atoms with Crippen LogP contribution >= 0.6 is 0 Å². The van der Waals surface area contributed by atoms with Gasteiger partial charge in [-0.05, 0) is 38.0 Å². The Bertz CT molecular complexity index is 377. The fourth-order valence-electron chi connectivity index (χ4n) is 1.35. The molecule has 0 heterocycles. The van der Waals surface area contributed by atoms with Gasteiger partial charge in [0, 0.05) is 0 Å². The lowest BCUT2D eigenvalue weighted by molar-refractivity contribution is 0.0526. The first-order valence-electron chi connectivity index (χ1n) is 5.75. The van der Waals surface area contributed by atoms with Gasteiger partial charge in [-0.1, -0.05) is 24.3 Å². The van der Waals surface area contributed by atoms with Crippen LogP contribution in [0.15, 0.2) is 30.3 Å². The van der Waals surface area contributed by atoms with Crippen LogP contribution < -0.4 is 0 Å². The highest BCUT2D eigenvalue weighted by Gasteiger charge is 2.04. The summed E-state index contributed by atoms with van der Waals surface area (Å²) in [5.74, 6) is -0.299. The predicted octanol–water partition coefficient (Wildman–Crippen LogP) is 2.65. The second kappa shape index (κ2) is 6.86.